The van der Waals surface area contributed by atoms with Crippen molar-refractivity contribution in [2.24, 2.45) is 5.92 Å². The van der Waals surface area contributed by atoms with Crippen LogP contribution in [-0.2, 0) is 9.53 Å². The lowest BCUT2D eigenvalue weighted by atomic mass is 9.79. The third kappa shape index (κ3) is 4.01. The Kier molecular flexibility index (Phi) is 5.36. The van der Waals surface area contributed by atoms with Gasteiger partial charge in [-0.1, -0.05) is 6.08 Å². The summed E-state index contributed by atoms with van der Waals surface area (Å²) in [7, 11) is 0. The molecular formula is C11H19NO3. The van der Waals surface area contributed by atoms with Crippen LogP contribution in [0.5, 0.6) is 0 Å². The molecule has 1 saturated carbocycles. The third-order valence-corrected chi connectivity index (χ3v) is 2.71. The molecule has 0 spiro atoms. The van der Waals surface area contributed by atoms with Crippen LogP contribution in [0, 0.1) is 5.92 Å². The first kappa shape index (κ1) is 12.2. The molecule has 0 aromatic heterocycles. The van der Waals surface area contributed by atoms with Crippen molar-refractivity contribution in [1.82, 2.24) is 5.32 Å². The zero-order valence-electron chi connectivity index (χ0n) is 8.95. The Balaban J connectivity index is 1.96. The summed E-state index contributed by atoms with van der Waals surface area (Å²) >= 11 is 0. The van der Waals surface area contributed by atoms with Gasteiger partial charge in [0.2, 0.25) is 0 Å². The molecule has 0 saturated heterocycles. The number of carboxylic acid groups (broad SMARTS) is 1. The summed E-state index contributed by atoms with van der Waals surface area (Å²) < 4.78 is 5.31. The average molecular weight is 213 g/mol. The number of rotatable bonds is 8. The van der Waals surface area contributed by atoms with Gasteiger partial charge in [-0.15, -0.1) is 6.58 Å². The average Bonchev–Trinajstić information content (AvgIpc) is 2.13. The summed E-state index contributed by atoms with van der Waals surface area (Å²) in [6.45, 7) is 5.65. The smallest absolute Gasteiger partial charge is 0.308 e. The van der Waals surface area contributed by atoms with E-state index >= 15 is 0 Å². The van der Waals surface area contributed by atoms with Crippen molar-refractivity contribution in [3.8, 4) is 0 Å². The van der Waals surface area contributed by atoms with Crippen molar-refractivity contribution in [2.75, 3.05) is 19.8 Å². The quantitative estimate of drug-likeness (QED) is 0.467. The van der Waals surface area contributed by atoms with Gasteiger partial charge in [-0.2, -0.15) is 0 Å². The fourth-order valence-electron chi connectivity index (χ4n) is 1.63. The molecule has 0 amide bonds. The van der Waals surface area contributed by atoms with Crippen molar-refractivity contribution in [3.63, 3.8) is 0 Å². The standard InChI is InChI=1S/C11H19NO3/c1-2-3-7-15-8-6-12-10-5-4-9(10)11(13)14/h2,9-10,12H,1,3-8H2,(H,13,14). The maximum atomic E-state index is 10.7. The van der Waals surface area contributed by atoms with Gasteiger partial charge in [-0.05, 0) is 19.3 Å². The SMILES string of the molecule is C=CCCOCCNC1CCC1C(=O)O. The maximum absolute atomic E-state index is 10.7. The van der Waals surface area contributed by atoms with E-state index in [1.54, 1.807) is 0 Å². The molecule has 15 heavy (non-hydrogen) atoms. The molecule has 4 nitrogen and oxygen atoms in total. The van der Waals surface area contributed by atoms with Crippen molar-refractivity contribution in [3.05, 3.63) is 12.7 Å². The Hall–Kier alpha value is -0.870. The molecule has 1 aliphatic carbocycles. The second-order valence-corrected chi connectivity index (χ2v) is 3.77. The highest BCUT2D eigenvalue weighted by molar-refractivity contribution is 5.72. The molecule has 0 aromatic carbocycles. The third-order valence-electron chi connectivity index (χ3n) is 2.71. The molecule has 0 heterocycles. The van der Waals surface area contributed by atoms with Gasteiger partial charge in [0.1, 0.15) is 0 Å². The van der Waals surface area contributed by atoms with Gasteiger partial charge in [-0.25, -0.2) is 0 Å². The van der Waals surface area contributed by atoms with Gasteiger partial charge in [-0.3, -0.25) is 4.79 Å². The van der Waals surface area contributed by atoms with E-state index in [-0.39, 0.29) is 12.0 Å². The molecule has 1 aliphatic rings. The highest BCUT2D eigenvalue weighted by Gasteiger charge is 2.35. The van der Waals surface area contributed by atoms with E-state index in [4.69, 9.17) is 9.84 Å². The fourth-order valence-corrected chi connectivity index (χ4v) is 1.63. The van der Waals surface area contributed by atoms with Crippen molar-refractivity contribution in [1.29, 1.82) is 0 Å². The molecule has 1 rings (SSSR count). The molecule has 2 unspecified atom stereocenters. The lowest BCUT2D eigenvalue weighted by Gasteiger charge is -2.34. The lowest BCUT2D eigenvalue weighted by Crippen LogP contribution is -2.48. The first-order valence-electron chi connectivity index (χ1n) is 5.40. The predicted molar refractivity (Wildman–Crippen MR) is 57.8 cm³/mol. The zero-order chi connectivity index (χ0) is 11.1. The number of hydrogen-bond donors (Lipinski definition) is 2. The van der Waals surface area contributed by atoms with E-state index in [9.17, 15) is 4.79 Å². The van der Waals surface area contributed by atoms with Crippen LogP contribution in [0.25, 0.3) is 0 Å². The van der Waals surface area contributed by atoms with Crippen molar-refractivity contribution in [2.45, 2.75) is 25.3 Å². The molecule has 2 atom stereocenters. The normalized spacial score (nSPS) is 24.5. The summed E-state index contributed by atoms with van der Waals surface area (Å²) in [4.78, 5) is 10.7. The highest BCUT2D eigenvalue weighted by Crippen LogP contribution is 2.27. The van der Waals surface area contributed by atoms with E-state index < -0.39 is 5.97 Å². The summed E-state index contributed by atoms with van der Waals surface area (Å²) in [5.41, 5.74) is 0. The largest absolute Gasteiger partial charge is 0.481 e. The minimum Gasteiger partial charge on any atom is -0.481 e. The zero-order valence-corrected chi connectivity index (χ0v) is 8.95. The summed E-state index contributed by atoms with van der Waals surface area (Å²) in [5.74, 6) is -0.885. The molecule has 0 bridgehead atoms. The van der Waals surface area contributed by atoms with E-state index in [1.807, 2.05) is 6.08 Å². The number of ether oxygens (including phenoxy) is 1. The van der Waals surface area contributed by atoms with E-state index in [2.05, 4.69) is 11.9 Å². The molecule has 2 N–H and O–H groups in total. The van der Waals surface area contributed by atoms with Crippen LogP contribution >= 0.6 is 0 Å². The first-order chi connectivity index (χ1) is 7.25. The Morgan fingerprint density at radius 1 is 1.53 bits per heavy atom. The van der Waals surface area contributed by atoms with E-state index in [0.717, 1.165) is 25.8 Å². The van der Waals surface area contributed by atoms with Crippen LogP contribution in [0.3, 0.4) is 0 Å². The van der Waals surface area contributed by atoms with Gasteiger partial charge >= 0.3 is 5.97 Å². The van der Waals surface area contributed by atoms with E-state index in [0.29, 0.717) is 13.2 Å². The van der Waals surface area contributed by atoms with Crippen LogP contribution in [-0.4, -0.2) is 36.9 Å². The summed E-state index contributed by atoms with van der Waals surface area (Å²) in [5, 5.41) is 12.0. The maximum Gasteiger partial charge on any atom is 0.308 e. The Labute approximate surface area is 90.3 Å². The second-order valence-electron chi connectivity index (χ2n) is 3.77. The number of aliphatic carboxylic acids is 1. The molecule has 4 heteroatoms. The van der Waals surface area contributed by atoms with Gasteiger partial charge < -0.3 is 15.2 Å². The first-order valence-corrected chi connectivity index (χ1v) is 5.40. The van der Waals surface area contributed by atoms with E-state index in [1.165, 1.54) is 0 Å². The van der Waals surface area contributed by atoms with Crippen molar-refractivity contribution >= 4 is 5.97 Å². The van der Waals surface area contributed by atoms with Gasteiger partial charge in [0.05, 0.1) is 19.1 Å². The van der Waals surface area contributed by atoms with Gasteiger partial charge in [0, 0.05) is 12.6 Å². The summed E-state index contributed by atoms with van der Waals surface area (Å²) in [6.07, 6.45) is 4.44. The van der Waals surface area contributed by atoms with Crippen LogP contribution < -0.4 is 5.32 Å². The minimum atomic E-state index is -0.689. The minimum absolute atomic E-state index is 0.144. The molecule has 1 fully saturated rings. The van der Waals surface area contributed by atoms with Crippen LogP contribution in [0.4, 0.5) is 0 Å². The Morgan fingerprint density at radius 2 is 2.33 bits per heavy atom. The number of carboxylic acids is 1. The highest BCUT2D eigenvalue weighted by atomic mass is 16.5. The lowest BCUT2D eigenvalue weighted by molar-refractivity contribution is -0.146. The van der Waals surface area contributed by atoms with Crippen LogP contribution in [0.2, 0.25) is 0 Å². The van der Waals surface area contributed by atoms with Gasteiger partial charge in [0.25, 0.3) is 0 Å². The molecule has 0 aromatic rings. The molecule has 0 aliphatic heterocycles. The number of hydrogen-bond acceptors (Lipinski definition) is 3. The molecule has 0 radical (unpaired) electrons. The Morgan fingerprint density at radius 3 is 2.87 bits per heavy atom. The fraction of sp³-hybridized carbons (Fsp3) is 0.727. The van der Waals surface area contributed by atoms with Crippen LogP contribution in [0.15, 0.2) is 12.7 Å². The van der Waals surface area contributed by atoms with Crippen LogP contribution in [0.1, 0.15) is 19.3 Å². The Bertz CT molecular complexity index is 218. The second kappa shape index (κ2) is 6.58. The monoisotopic (exact) mass is 213 g/mol. The summed E-state index contributed by atoms with van der Waals surface area (Å²) in [6, 6.07) is 0.144. The topological polar surface area (TPSA) is 58.6 Å². The number of carbonyl (C=O) groups is 1. The van der Waals surface area contributed by atoms with Crippen molar-refractivity contribution < 1.29 is 14.6 Å². The van der Waals surface area contributed by atoms with Gasteiger partial charge in [0.15, 0.2) is 0 Å². The number of nitrogens with one attached hydrogen (secondary N) is 1. The molecule has 86 valence electrons. The predicted octanol–water partition coefficient (Wildman–Crippen LogP) is 1.03. The molecular weight excluding hydrogens is 194 g/mol.